The molecular weight excluding hydrogens is 506 g/mol. The van der Waals surface area contributed by atoms with E-state index in [0.29, 0.717) is 40.2 Å². The predicted octanol–water partition coefficient (Wildman–Crippen LogP) is 5.71. The minimum absolute atomic E-state index is 0.0864. The Labute approximate surface area is 223 Å². The molecule has 0 bridgehead atoms. The Bertz CT molecular complexity index is 1480. The summed E-state index contributed by atoms with van der Waals surface area (Å²) in [5.41, 5.74) is 2.43. The topological polar surface area (TPSA) is 82.5 Å². The number of methoxy groups -OCH3 is 1. The van der Waals surface area contributed by atoms with E-state index in [1.807, 2.05) is 55.5 Å². The Morgan fingerprint density at radius 3 is 2.59 bits per heavy atom. The molecule has 2 aromatic heterocycles. The summed E-state index contributed by atoms with van der Waals surface area (Å²) in [7, 11) is 1.61. The third-order valence-electron chi connectivity index (χ3n) is 6.41. The number of anilines is 1. The van der Waals surface area contributed by atoms with Crippen LogP contribution in [-0.2, 0) is 17.6 Å². The van der Waals surface area contributed by atoms with E-state index in [2.05, 4.69) is 12.2 Å². The molecule has 1 atom stereocenters. The van der Waals surface area contributed by atoms with Crippen molar-refractivity contribution >= 4 is 44.9 Å². The van der Waals surface area contributed by atoms with Gasteiger partial charge >= 0.3 is 0 Å². The van der Waals surface area contributed by atoms with Crippen molar-refractivity contribution in [2.45, 2.75) is 38.3 Å². The number of ether oxygens (including phenoxy) is 2. The van der Waals surface area contributed by atoms with Gasteiger partial charge in [0.15, 0.2) is 5.16 Å². The zero-order valence-electron chi connectivity index (χ0n) is 21.1. The van der Waals surface area contributed by atoms with Gasteiger partial charge in [0.25, 0.3) is 5.56 Å². The van der Waals surface area contributed by atoms with Gasteiger partial charge in [-0.15, -0.1) is 11.3 Å². The molecule has 9 heteroatoms. The number of hydrogen-bond acceptors (Lipinski definition) is 7. The minimum Gasteiger partial charge on any atom is -0.497 e. The van der Waals surface area contributed by atoms with E-state index in [0.717, 1.165) is 35.4 Å². The van der Waals surface area contributed by atoms with Gasteiger partial charge in [0.1, 0.15) is 16.3 Å². The fourth-order valence-corrected chi connectivity index (χ4v) is 6.79. The molecule has 7 nitrogen and oxygen atoms in total. The maximum atomic E-state index is 13.9. The number of carbonyl (C=O) groups excluding carboxylic acids is 1. The zero-order chi connectivity index (χ0) is 25.9. The molecule has 37 heavy (non-hydrogen) atoms. The summed E-state index contributed by atoms with van der Waals surface area (Å²) in [6, 6.07) is 14.6. The van der Waals surface area contributed by atoms with E-state index in [1.165, 1.54) is 16.6 Å². The number of hydrogen-bond donors (Lipinski definition) is 1. The van der Waals surface area contributed by atoms with Gasteiger partial charge in [-0.05, 0) is 86.2 Å². The quantitative estimate of drug-likeness (QED) is 0.230. The van der Waals surface area contributed by atoms with E-state index < -0.39 is 0 Å². The predicted molar refractivity (Wildman–Crippen MR) is 150 cm³/mol. The number of thiophene rings is 1. The van der Waals surface area contributed by atoms with Crippen molar-refractivity contribution in [3.8, 4) is 17.2 Å². The average molecular weight is 536 g/mol. The van der Waals surface area contributed by atoms with Gasteiger partial charge in [0.05, 0.1) is 30.5 Å². The molecule has 192 valence electrons. The first-order valence-electron chi connectivity index (χ1n) is 12.3. The van der Waals surface area contributed by atoms with Crippen LogP contribution >= 0.6 is 23.1 Å². The zero-order valence-corrected chi connectivity index (χ0v) is 22.7. The van der Waals surface area contributed by atoms with E-state index in [9.17, 15) is 9.59 Å². The van der Waals surface area contributed by atoms with Gasteiger partial charge in [-0.2, -0.15) is 0 Å². The lowest BCUT2D eigenvalue weighted by Crippen LogP contribution is -2.23. The first-order chi connectivity index (χ1) is 18.0. The summed E-state index contributed by atoms with van der Waals surface area (Å²) in [5, 5.41) is 4.12. The third kappa shape index (κ3) is 5.38. The summed E-state index contributed by atoms with van der Waals surface area (Å²) in [6.07, 6.45) is 2.95. The smallest absolute Gasteiger partial charge is 0.267 e. The van der Waals surface area contributed by atoms with Crippen LogP contribution in [0.2, 0.25) is 0 Å². The SMILES string of the molecule is CCOc1ccc(NC(=O)CSc2nc3sc4c(c3c(=O)n2-c2ccc(OC)cc2)CCC(C)C4)cc1. The van der Waals surface area contributed by atoms with Crippen LogP contribution in [0.3, 0.4) is 0 Å². The largest absolute Gasteiger partial charge is 0.497 e. The summed E-state index contributed by atoms with van der Waals surface area (Å²) in [5.74, 6) is 2.00. The van der Waals surface area contributed by atoms with Gasteiger partial charge in [-0.3, -0.25) is 14.2 Å². The average Bonchev–Trinajstić information content (AvgIpc) is 3.26. The van der Waals surface area contributed by atoms with Crippen molar-refractivity contribution in [1.29, 1.82) is 0 Å². The van der Waals surface area contributed by atoms with Crippen LogP contribution in [0, 0.1) is 5.92 Å². The number of aryl methyl sites for hydroxylation is 1. The second-order valence-corrected chi connectivity index (χ2v) is 11.1. The molecule has 5 rings (SSSR count). The number of benzene rings is 2. The van der Waals surface area contributed by atoms with Gasteiger partial charge < -0.3 is 14.8 Å². The Kier molecular flexibility index (Phi) is 7.53. The van der Waals surface area contributed by atoms with Crippen LogP contribution in [0.25, 0.3) is 15.9 Å². The van der Waals surface area contributed by atoms with Crippen molar-refractivity contribution in [1.82, 2.24) is 9.55 Å². The highest BCUT2D eigenvalue weighted by Crippen LogP contribution is 2.37. The summed E-state index contributed by atoms with van der Waals surface area (Å²) < 4.78 is 12.4. The molecule has 2 heterocycles. The van der Waals surface area contributed by atoms with Crippen LogP contribution in [0.1, 0.15) is 30.7 Å². The number of nitrogens with zero attached hydrogens (tertiary/aromatic N) is 2. The van der Waals surface area contributed by atoms with Crippen LogP contribution in [0.5, 0.6) is 11.5 Å². The lowest BCUT2D eigenvalue weighted by molar-refractivity contribution is -0.113. The highest BCUT2D eigenvalue weighted by Gasteiger charge is 2.25. The lowest BCUT2D eigenvalue weighted by atomic mass is 9.89. The Morgan fingerprint density at radius 2 is 1.89 bits per heavy atom. The number of aromatic nitrogens is 2. The van der Waals surface area contributed by atoms with Gasteiger partial charge in [-0.1, -0.05) is 18.7 Å². The highest BCUT2D eigenvalue weighted by atomic mass is 32.2. The fraction of sp³-hybridized carbons (Fsp3) is 0.321. The standard InChI is InChI=1S/C28H29N3O4S2/c1-4-35-21-10-6-18(7-11-21)29-24(32)16-36-28-30-26-25(22-14-5-17(2)15-23(22)37-26)27(33)31(28)19-8-12-20(34-3)13-9-19/h6-13,17H,4-5,14-16H2,1-3H3,(H,29,32). The number of amides is 1. The third-order valence-corrected chi connectivity index (χ3v) is 8.50. The first-order valence-corrected chi connectivity index (χ1v) is 14.1. The second kappa shape index (κ2) is 11.0. The van der Waals surface area contributed by atoms with E-state index >= 15 is 0 Å². The van der Waals surface area contributed by atoms with Crippen molar-refractivity contribution in [3.05, 3.63) is 69.3 Å². The molecule has 0 radical (unpaired) electrons. The normalized spacial score (nSPS) is 14.8. The van der Waals surface area contributed by atoms with Gasteiger partial charge in [-0.25, -0.2) is 4.98 Å². The van der Waals surface area contributed by atoms with Gasteiger partial charge in [0.2, 0.25) is 5.91 Å². The molecule has 0 saturated heterocycles. The van der Waals surface area contributed by atoms with Crippen molar-refractivity contribution in [2.24, 2.45) is 5.92 Å². The molecule has 0 aliphatic heterocycles. The van der Waals surface area contributed by atoms with Crippen LogP contribution < -0.4 is 20.3 Å². The monoisotopic (exact) mass is 535 g/mol. The maximum Gasteiger partial charge on any atom is 0.267 e. The number of nitrogens with one attached hydrogen (secondary N) is 1. The number of rotatable bonds is 8. The summed E-state index contributed by atoms with van der Waals surface area (Å²) in [6.45, 7) is 4.76. The summed E-state index contributed by atoms with van der Waals surface area (Å²) >= 11 is 2.87. The van der Waals surface area contributed by atoms with Crippen LogP contribution in [0.15, 0.2) is 58.5 Å². The van der Waals surface area contributed by atoms with Crippen molar-refractivity contribution < 1.29 is 14.3 Å². The van der Waals surface area contributed by atoms with E-state index in [-0.39, 0.29) is 17.2 Å². The fourth-order valence-electron chi connectivity index (χ4n) is 4.56. The molecule has 0 saturated carbocycles. The molecule has 4 aromatic rings. The van der Waals surface area contributed by atoms with E-state index in [1.54, 1.807) is 23.0 Å². The van der Waals surface area contributed by atoms with Crippen molar-refractivity contribution in [2.75, 3.05) is 24.8 Å². The molecule has 1 amide bonds. The van der Waals surface area contributed by atoms with Crippen LogP contribution in [-0.4, -0.2) is 34.9 Å². The minimum atomic E-state index is -0.177. The van der Waals surface area contributed by atoms with Crippen LogP contribution in [0.4, 0.5) is 5.69 Å². The number of fused-ring (bicyclic) bond motifs is 3. The van der Waals surface area contributed by atoms with Gasteiger partial charge in [0, 0.05) is 10.6 Å². The molecule has 2 aromatic carbocycles. The molecule has 0 fully saturated rings. The summed E-state index contributed by atoms with van der Waals surface area (Å²) in [4.78, 5) is 33.6. The highest BCUT2D eigenvalue weighted by molar-refractivity contribution is 7.99. The Balaban J connectivity index is 1.46. The number of carbonyl (C=O) groups is 1. The van der Waals surface area contributed by atoms with E-state index in [4.69, 9.17) is 14.5 Å². The molecule has 1 aliphatic rings. The molecule has 0 spiro atoms. The maximum absolute atomic E-state index is 13.9. The second-order valence-electron chi connectivity index (χ2n) is 9.06. The Morgan fingerprint density at radius 1 is 1.16 bits per heavy atom. The first kappa shape index (κ1) is 25.4. The van der Waals surface area contributed by atoms with Crippen molar-refractivity contribution in [3.63, 3.8) is 0 Å². The molecule has 1 aliphatic carbocycles. The number of thioether (sulfide) groups is 1. The lowest BCUT2D eigenvalue weighted by Gasteiger charge is -2.18. The molecule has 1 unspecified atom stereocenters. The molecule has 1 N–H and O–H groups in total. The Hall–Kier alpha value is -3.30. The molecular formula is C28H29N3O4S2.